The Labute approximate surface area is 109 Å². The summed E-state index contributed by atoms with van der Waals surface area (Å²) in [5, 5.41) is 8.28. The van der Waals surface area contributed by atoms with Gasteiger partial charge in [0, 0.05) is 12.6 Å². The van der Waals surface area contributed by atoms with E-state index in [0.29, 0.717) is 12.1 Å². The van der Waals surface area contributed by atoms with Crippen molar-refractivity contribution in [1.29, 1.82) is 0 Å². The molecule has 0 amide bonds. The van der Waals surface area contributed by atoms with Crippen LogP contribution in [0.3, 0.4) is 0 Å². The van der Waals surface area contributed by atoms with Gasteiger partial charge in [0.25, 0.3) is 0 Å². The van der Waals surface area contributed by atoms with Gasteiger partial charge < -0.3 is 5.73 Å². The van der Waals surface area contributed by atoms with Crippen molar-refractivity contribution in [3.63, 3.8) is 0 Å². The molecule has 3 rings (SSSR count). The maximum Gasteiger partial charge on any atom is 0.161 e. The highest BCUT2D eigenvalue weighted by atomic mass is 19.1. The van der Waals surface area contributed by atoms with Crippen molar-refractivity contribution in [3.8, 4) is 0 Å². The molecule has 0 unspecified atom stereocenters. The minimum absolute atomic E-state index is 0.241. The first-order valence-electron chi connectivity index (χ1n) is 5.97. The largest absolute Gasteiger partial charge is 0.397 e. The molecular formula is C14H13FN4. The molecular weight excluding hydrogens is 243 g/mol. The minimum Gasteiger partial charge on any atom is -0.397 e. The van der Waals surface area contributed by atoms with Crippen LogP contribution in [0.25, 0.3) is 5.65 Å². The summed E-state index contributed by atoms with van der Waals surface area (Å²) in [6.07, 6.45) is 2.41. The number of anilines is 1. The van der Waals surface area contributed by atoms with Crippen molar-refractivity contribution in [2.75, 3.05) is 5.73 Å². The van der Waals surface area contributed by atoms with Gasteiger partial charge in [-0.15, -0.1) is 10.2 Å². The maximum atomic E-state index is 12.9. The Morgan fingerprint density at radius 2 is 1.95 bits per heavy atom. The number of aryl methyl sites for hydroxylation is 1. The fraction of sp³-hybridized carbons (Fsp3) is 0.143. The summed E-state index contributed by atoms with van der Waals surface area (Å²) in [6, 6.07) is 8.27. The number of benzene rings is 1. The zero-order valence-electron chi connectivity index (χ0n) is 10.5. The van der Waals surface area contributed by atoms with E-state index in [9.17, 15) is 4.39 Å². The molecule has 0 aliphatic rings. The van der Waals surface area contributed by atoms with Gasteiger partial charge in [0.15, 0.2) is 5.65 Å². The Balaban J connectivity index is 2.01. The van der Waals surface area contributed by atoms with Crippen LogP contribution in [0.1, 0.15) is 17.0 Å². The van der Waals surface area contributed by atoms with E-state index in [-0.39, 0.29) is 5.82 Å². The fourth-order valence-electron chi connectivity index (χ4n) is 2.00. The first-order valence-corrected chi connectivity index (χ1v) is 5.97. The lowest BCUT2D eigenvalue weighted by Gasteiger charge is -2.04. The number of aromatic nitrogens is 3. The first kappa shape index (κ1) is 11.6. The lowest BCUT2D eigenvalue weighted by molar-refractivity contribution is 0.627. The average Bonchev–Trinajstić information content (AvgIpc) is 2.76. The maximum absolute atomic E-state index is 12.9. The van der Waals surface area contributed by atoms with Crippen LogP contribution in [0, 0.1) is 12.7 Å². The van der Waals surface area contributed by atoms with Crippen molar-refractivity contribution in [3.05, 3.63) is 59.3 Å². The van der Waals surface area contributed by atoms with Crippen molar-refractivity contribution in [2.24, 2.45) is 0 Å². The van der Waals surface area contributed by atoms with Crippen LogP contribution >= 0.6 is 0 Å². The smallest absolute Gasteiger partial charge is 0.161 e. The standard InChI is InChI=1S/C14H13FN4/c1-9-6-13-17-18-14(19(13)8-12(9)16)7-10-2-4-11(15)5-3-10/h2-6,8H,7,16H2,1H3. The van der Waals surface area contributed by atoms with Crippen LogP contribution in [0.15, 0.2) is 36.5 Å². The molecule has 0 spiro atoms. The number of nitrogens with two attached hydrogens (primary N) is 1. The van der Waals surface area contributed by atoms with E-state index in [2.05, 4.69) is 10.2 Å². The van der Waals surface area contributed by atoms with Crippen LogP contribution in [0.4, 0.5) is 10.1 Å². The fourth-order valence-corrected chi connectivity index (χ4v) is 2.00. The zero-order valence-corrected chi connectivity index (χ0v) is 10.5. The highest BCUT2D eigenvalue weighted by Crippen LogP contribution is 2.16. The topological polar surface area (TPSA) is 56.2 Å². The third-order valence-corrected chi connectivity index (χ3v) is 3.14. The van der Waals surface area contributed by atoms with Crippen LogP contribution in [-0.2, 0) is 6.42 Å². The van der Waals surface area contributed by atoms with Gasteiger partial charge >= 0.3 is 0 Å². The van der Waals surface area contributed by atoms with Gasteiger partial charge in [-0.1, -0.05) is 12.1 Å². The predicted octanol–water partition coefficient (Wildman–Crippen LogP) is 2.35. The quantitative estimate of drug-likeness (QED) is 0.765. The number of rotatable bonds is 2. The highest BCUT2D eigenvalue weighted by Gasteiger charge is 2.08. The molecule has 0 radical (unpaired) electrons. The van der Waals surface area contributed by atoms with Gasteiger partial charge in [0.2, 0.25) is 0 Å². The molecule has 2 N–H and O–H groups in total. The third kappa shape index (κ3) is 2.14. The van der Waals surface area contributed by atoms with E-state index in [1.807, 2.05) is 23.6 Å². The van der Waals surface area contributed by atoms with E-state index < -0.39 is 0 Å². The van der Waals surface area contributed by atoms with Crippen molar-refractivity contribution >= 4 is 11.3 Å². The van der Waals surface area contributed by atoms with Gasteiger partial charge in [-0.3, -0.25) is 4.40 Å². The molecule has 0 aliphatic heterocycles. The molecule has 2 aromatic heterocycles. The summed E-state index contributed by atoms with van der Waals surface area (Å²) in [7, 11) is 0. The zero-order chi connectivity index (χ0) is 13.4. The number of nitrogens with zero attached hydrogens (tertiary/aromatic N) is 3. The Morgan fingerprint density at radius 1 is 1.21 bits per heavy atom. The van der Waals surface area contributed by atoms with Crippen LogP contribution in [0.5, 0.6) is 0 Å². The number of halogens is 1. The Hall–Kier alpha value is -2.43. The monoisotopic (exact) mass is 256 g/mol. The number of fused-ring (bicyclic) bond motifs is 1. The lowest BCUT2D eigenvalue weighted by Crippen LogP contribution is -1.99. The summed E-state index contributed by atoms with van der Waals surface area (Å²) in [5.74, 6) is 0.544. The van der Waals surface area contributed by atoms with Gasteiger partial charge in [-0.25, -0.2) is 4.39 Å². The molecule has 1 aromatic carbocycles. The van der Waals surface area contributed by atoms with Crippen molar-refractivity contribution in [1.82, 2.24) is 14.6 Å². The average molecular weight is 256 g/mol. The number of hydrogen-bond donors (Lipinski definition) is 1. The second-order valence-corrected chi connectivity index (χ2v) is 4.56. The molecule has 0 saturated carbocycles. The summed E-state index contributed by atoms with van der Waals surface area (Å²) >= 11 is 0. The molecule has 0 saturated heterocycles. The highest BCUT2D eigenvalue weighted by molar-refractivity contribution is 5.53. The molecule has 19 heavy (non-hydrogen) atoms. The van der Waals surface area contributed by atoms with Crippen LogP contribution < -0.4 is 5.73 Å². The SMILES string of the molecule is Cc1cc2nnc(Cc3ccc(F)cc3)n2cc1N. The lowest BCUT2D eigenvalue weighted by atomic mass is 10.1. The number of hydrogen-bond acceptors (Lipinski definition) is 3. The molecule has 4 nitrogen and oxygen atoms in total. The summed E-state index contributed by atoms with van der Waals surface area (Å²) in [5.41, 5.74) is 9.33. The molecule has 96 valence electrons. The van der Waals surface area contributed by atoms with Crippen LogP contribution in [-0.4, -0.2) is 14.6 Å². The Morgan fingerprint density at radius 3 is 2.68 bits per heavy atom. The van der Waals surface area contributed by atoms with E-state index in [4.69, 9.17) is 5.73 Å². The molecule has 3 aromatic rings. The van der Waals surface area contributed by atoms with Gasteiger partial charge in [0.1, 0.15) is 11.6 Å². The molecule has 0 aliphatic carbocycles. The Bertz CT molecular complexity index is 731. The third-order valence-electron chi connectivity index (χ3n) is 3.14. The summed E-state index contributed by atoms with van der Waals surface area (Å²) in [6.45, 7) is 1.93. The number of nitrogen functional groups attached to an aromatic ring is 1. The van der Waals surface area contributed by atoms with E-state index in [1.165, 1.54) is 12.1 Å². The molecule has 0 atom stereocenters. The van der Waals surface area contributed by atoms with E-state index in [0.717, 1.165) is 22.6 Å². The van der Waals surface area contributed by atoms with E-state index in [1.54, 1.807) is 12.1 Å². The second kappa shape index (κ2) is 4.35. The van der Waals surface area contributed by atoms with Gasteiger partial charge in [0.05, 0.1) is 5.69 Å². The van der Waals surface area contributed by atoms with Gasteiger partial charge in [-0.2, -0.15) is 0 Å². The molecule has 5 heteroatoms. The van der Waals surface area contributed by atoms with E-state index >= 15 is 0 Å². The molecule has 2 heterocycles. The first-order chi connectivity index (χ1) is 9.13. The molecule has 0 fully saturated rings. The predicted molar refractivity (Wildman–Crippen MR) is 71.3 cm³/mol. The summed E-state index contributed by atoms with van der Waals surface area (Å²) in [4.78, 5) is 0. The van der Waals surface area contributed by atoms with Crippen molar-refractivity contribution < 1.29 is 4.39 Å². The second-order valence-electron chi connectivity index (χ2n) is 4.56. The summed E-state index contributed by atoms with van der Waals surface area (Å²) < 4.78 is 14.7. The number of pyridine rings is 1. The normalized spacial score (nSPS) is 11.1. The van der Waals surface area contributed by atoms with Crippen molar-refractivity contribution in [2.45, 2.75) is 13.3 Å². The minimum atomic E-state index is -0.241. The molecule has 0 bridgehead atoms. The van der Waals surface area contributed by atoms with Crippen LogP contribution in [0.2, 0.25) is 0 Å². The van der Waals surface area contributed by atoms with Gasteiger partial charge in [-0.05, 0) is 36.2 Å². The Kier molecular flexibility index (Phi) is 2.67.